The summed E-state index contributed by atoms with van der Waals surface area (Å²) in [6, 6.07) is 3.79. The van der Waals surface area contributed by atoms with Crippen LogP contribution in [0.25, 0.3) is 0 Å². The van der Waals surface area contributed by atoms with Gasteiger partial charge in [-0.3, -0.25) is 9.78 Å². The average Bonchev–Trinajstić information content (AvgIpc) is 2.38. The molecule has 1 unspecified atom stereocenters. The number of aromatic nitrogens is 1. The second kappa shape index (κ2) is 6.85. The number of pyridine rings is 1. The average molecular weight is 236 g/mol. The minimum absolute atomic E-state index is 0.182. The summed E-state index contributed by atoms with van der Waals surface area (Å²) >= 11 is 0. The van der Waals surface area contributed by atoms with Gasteiger partial charge in [0, 0.05) is 31.5 Å². The Hall–Kier alpha value is -1.62. The fourth-order valence-electron chi connectivity index (χ4n) is 1.40. The van der Waals surface area contributed by atoms with Crippen LogP contribution in [-0.2, 0) is 0 Å². The number of rotatable bonds is 6. The van der Waals surface area contributed by atoms with Gasteiger partial charge in [0.2, 0.25) is 0 Å². The maximum Gasteiger partial charge on any atom is 0.269 e. The van der Waals surface area contributed by atoms with Crippen LogP contribution < -0.4 is 16.4 Å². The van der Waals surface area contributed by atoms with Crippen LogP contribution in [0.4, 0.5) is 5.69 Å². The molecule has 4 N–H and O–H groups in total. The molecule has 1 aromatic rings. The van der Waals surface area contributed by atoms with Gasteiger partial charge in [0.05, 0.1) is 0 Å². The molecule has 94 valence electrons. The first-order valence-electron chi connectivity index (χ1n) is 5.85. The molecule has 0 saturated heterocycles. The van der Waals surface area contributed by atoms with Crippen LogP contribution in [0.15, 0.2) is 18.3 Å². The van der Waals surface area contributed by atoms with Crippen LogP contribution >= 0.6 is 0 Å². The number of hydrogen-bond donors (Lipinski definition) is 3. The van der Waals surface area contributed by atoms with Gasteiger partial charge in [-0.1, -0.05) is 6.92 Å². The molecule has 0 bridgehead atoms. The third-order valence-electron chi connectivity index (χ3n) is 2.59. The lowest BCUT2D eigenvalue weighted by atomic mass is 10.2. The lowest BCUT2D eigenvalue weighted by molar-refractivity contribution is 0.0958. The predicted molar refractivity (Wildman–Crippen MR) is 69.0 cm³/mol. The quantitative estimate of drug-likeness (QED) is 0.688. The molecular formula is C12H20N4O. The standard InChI is InChI=1S/C12H20N4O/c1-3-9(13)4-6-15-10-5-7-16-11(8-10)12(17)14-2/h5,7-9H,3-4,6,13H2,1-2H3,(H,14,17)(H,15,16). The number of carbonyl (C=O) groups excluding carboxylic acids is 1. The van der Waals surface area contributed by atoms with Gasteiger partial charge in [0.15, 0.2) is 0 Å². The second-order valence-electron chi connectivity index (χ2n) is 3.89. The molecule has 0 aromatic carbocycles. The van der Waals surface area contributed by atoms with Gasteiger partial charge in [-0.05, 0) is 25.0 Å². The molecular weight excluding hydrogens is 216 g/mol. The molecule has 17 heavy (non-hydrogen) atoms. The van der Waals surface area contributed by atoms with Gasteiger partial charge in [0.1, 0.15) is 5.69 Å². The molecule has 0 radical (unpaired) electrons. The van der Waals surface area contributed by atoms with Gasteiger partial charge >= 0.3 is 0 Å². The highest BCUT2D eigenvalue weighted by atomic mass is 16.1. The van der Waals surface area contributed by atoms with Crippen molar-refractivity contribution < 1.29 is 4.79 Å². The lowest BCUT2D eigenvalue weighted by Crippen LogP contribution is -2.22. The Morgan fingerprint density at radius 3 is 3.00 bits per heavy atom. The number of amides is 1. The number of carbonyl (C=O) groups is 1. The van der Waals surface area contributed by atoms with E-state index >= 15 is 0 Å². The molecule has 1 rings (SSSR count). The Bertz CT molecular complexity index is 367. The van der Waals surface area contributed by atoms with Gasteiger partial charge in [0.25, 0.3) is 5.91 Å². The maximum atomic E-state index is 11.4. The number of anilines is 1. The molecule has 0 aliphatic carbocycles. The fourth-order valence-corrected chi connectivity index (χ4v) is 1.40. The van der Waals surface area contributed by atoms with E-state index in [1.165, 1.54) is 0 Å². The zero-order valence-electron chi connectivity index (χ0n) is 10.4. The van der Waals surface area contributed by atoms with E-state index in [1.807, 2.05) is 6.07 Å². The Balaban J connectivity index is 2.51. The van der Waals surface area contributed by atoms with E-state index in [2.05, 4.69) is 22.5 Å². The van der Waals surface area contributed by atoms with Crippen molar-refractivity contribution in [2.45, 2.75) is 25.8 Å². The molecule has 1 aromatic heterocycles. The third kappa shape index (κ3) is 4.40. The van der Waals surface area contributed by atoms with Crippen molar-refractivity contribution in [1.82, 2.24) is 10.3 Å². The highest BCUT2D eigenvalue weighted by Gasteiger charge is 2.05. The molecule has 0 spiro atoms. The highest BCUT2D eigenvalue weighted by molar-refractivity contribution is 5.92. The number of nitrogens with two attached hydrogens (primary N) is 1. The zero-order valence-corrected chi connectivity index (χ0v) is 10.4. The summed E-state index contributed by atoms with van der Waals surface area (Å²) in [4.78, 5) is 15.4. The van der Waals surface area contributed by atoms with Crippen LogP contribution in [-0.4, -0.2) is 30.5 Å². The van der Waals surface area contributed by atoms with Crippen molar-refractivity contribution in [2.75, 3.05) is 18.9 Å². The SMILES string of the molecule is CCC(N)CCNc1ccnc(C(=O)NC)c1. The first-order valence-corrected chi connectivity index (χ1v) is 5.85. The molecule has 0 aliphatic rings. The molecule has 0 fully saturated rings. The molecule has 5 heteroatoms. The van der Waals surface area contributed by atoms with E-state index in [1.54, 1.807) is 19.3 Å². The Morgan fingerprint density at radius 1 is 1.59 bits per heavy atom. The zero-order chi connectivity index (χ0) is 12.7. The monoisotopic (exact) mass is 236 g/mol. The highest BCUT2D eigenvalue weighted by Crippen LogP contribution is 2.08. The predicted octanol–water partition coefficient (Wildman–Crippen LogP) is 0.981. The van der Waals surface area contributed by atoms with E-state index in [0.717, 1.165) is 25.1 Å². The Kier molecular flexibility index (Phi) is 5.42. The van der Waals surface area contributed by atoms with Crippen LogP contribution in [0, 0.1) is 0 Å². The topological polar surface area (TPSA) is 80.0 Å². The van der Waals surface area contributed by atoms with Crippen molar-refractivity contribution in [1.29, 1.82) is 0 Å². The van der Waals surface area contributed by atoms with Crippen LogP contribution in [0.2, 0.25) is 0 Å². The Labute approximate surface area is 102 Å². The molecule has 1 atom stereocenters. The van der Waals surface area contributed by atoms with E-state index in [9.17, 15) is 4.79 Å². The van der Waals surface area contributed by atoms with Gasteiger partial charge in [-0.25, -0.2) is 0 Å². The van der Waals surface area contributed by atoms with Crippen LogP contribution in [0.5, 0.6) is 0 Å². The summed E-state index contributed by atoms with van der Waals surface area (Å²) < 4.78 is 0. The Morgan fingerprint density at radius 2 is 2.35 bits per heavy atom. The first kappa shape index (κ1) is 13.4. The summed E-state index contributed by atoms with van der Waals surface area (Å²) in [5.41, 5.74) is 7.13. The second-order valence-corrected chi connectivity index (χ2v) is 3.89. The maximum absolute atomic E-state index is 11.4. The largest absolute Gasteiger partial charge is 0.385 e. The van der Waals surface area contributed by atoms with E-state index in [0.29, 0.717) is 5.69 Å². The van der Waals surface area contributed by atoms with Crippen molar-refractivity contribution in [3.8, 4) is 0 Å². The number of hydrogen-bond acceptors (Lipinski definition) is 4. The molecule has 0 saturated carbocycles. The van der Waals surface area contributed by atoms with Gasteiger partial charge in [-0.2, -0.15) is 0 Å². The van der Waals surface area contributed by atoms with Crippen molar-refractivity contribution in [3.05, 3.63) is 24.0 Å². The van der Waals surface area contributed by atoms with Crippen LogP contribution in [0.1, 0.15) is 30.3 Å². The summed E-state index contributed by atoms with van der Waals surface area (Å²) in [5.74, 6) is -0.182. The first-order chi connectivity index (χ1) is 8.17. The molecule has 1 heterocycles. The van der Waals surface area contributed by atoms with Gasteiger partial charge in [-0.15, -0.1) is 0 Å². The minimum atomic E-state index is -0.182. The molecule has 0 aliphatic heterocycles. The van der Waals surface area contributed by atoms with Gasteiger partial charge < -0.3 is 16.4 Å². The summed E-state index contributed by atoms with van der Waals surface area (Å²) in [5, 5.41) is 5.77. The van der Waals surface area contributed by atoms with E-state index in [4.69, 9.17) is 5.73 Å². The molecule has 5 nitrogen and oxygen atoms in total. The normalized spacial score (nSPS) is 11.9. The summed E-state index contributed by atoms with van der Waals surface area (Å²) in [6.45, 7) is 2.87. The van der Waals surface area contributed by atoms with E-state index in [-0.39, 0.29) is 11.9 Å². The van der Waals surface area contributed by atoms with Crippen LogP contribution in [0.3, 0.4) is 0 Å². The van der Waals surface area contributed by atoms with Crippen molar-refractivity contribution >= 4 is 11.6 Å². The summed E-state index contributed by atoms with van der Waals surface area (Å²) in [7, 11) is 1.59. The minimum Gasteiger partial charge on any atom is -0.385 e. The molecule has 1 amide bonds. The fraction of sp³-hybridized carbons (Fsp3) is 0.500. The smallest absolute Gasteiger partial charge is 0.269 e. The summed E-state index contributed by atoms with van der Waals surface area (Å²) in [6.07, 6.45) is 3.50. The van der Waals surface area contributed by atoms with E-state index < -0.39 is 0 Å². The third-order valence-corrected chi connectivity index (χ3v) is 2.59. The number of nitrogens with one attached hydrogen (secondary N) is 2. The van der Waals surface area contributed by atoms with Crippen molar-refractivity contribution in [3.63, 3.8) is 0 Å². The van der Waals surface area contributed by atoms with Crippen molar-refractivity contribution in [2.24, 2.45) is 5.73 Å². The lowest BCUT2D eigenvalue weighted by Gasteiger charge is -2.10. The number of nitrogens with zero attached hydrogens (tertiary/aromatic N) is 1.